The number of amides is 2. The number of nitrogens with zero attached hydrogens (tertiary/aromatic N) is 1. The van der Waals surface area contributed by atoms with Gasteiger partial charge in [-0.2, -0.15) is 0 Å². The van der Waals surface area contributed by atoms with E-state index in [1.807, 2.05) is 11.0 Å². The quantitative estimate of drug-likeness (QED) is 0.749. The van der Waals surface area contributed by atoms with E-state index >= 15 is 0 Å². The van der Waals surface area contributed by atoms with Gasteiger partial charge >= 0.3 is 0 Å². The second-order valence-corrected chi connectivity index (χ2v) is 7.99. The zero-order chi connectivity index (χ0) is 19.3. The number of hydrogen-bond acceptors (Lipinski definition) is 3. The van der Waals surface area contributed by atoms with Crippen molar-refractivity contribution in [1.29, 1.82) is 0 Å². The van der Waals surface area contributed by atoms with Gasteiger partial charge in [-0.15, -0.1) is 0 Å². The van der Waals surface area contributed by atoms with Gasteiger partial charge in [0.2, 0.25) is 11.8 Å². The first kappa shape index (κ1) is 19.9. The zero-order valence-corrected chi connectivity index (χ0v) is 16.6. The van der Waals surface area contributed by atoms with Crippen LogP contribution < -0.4 is 5.32 Å². The summed E-state index contributed by atoms with van der Waals surface area (Å²) in [5.41, 5.74) is 1.10. The molecular weight excluding hydrogens is 340 g/mol. The normalized spacial score (nSPS) is 27.3. The van der Waals surface area contributed by atoms with Gasteiger partial charge in [-0.05, 0) is 50.5 Å². The number of unbranched alkanes of at least 4 members (excludes halogenated alkanes) is 1. The Morgan fingerprint density at radius 3 is 2.70 bits per heavy atom. The number of ether oxygens (including phenoxy) is 1. The van der Waals surface area contributed by atoms with Crippen LogP contribution in [-0.2, 0) is 20.7 Å². The van der Waals surface area contributed by atoms with E-state index in [9.17, 15) is 9.59 Å². The van der Waals surface area contributed by atoms with E-state index in [-0.39, 0.29) is 29.5 Å². The van der Waals surface area contributed by atoms with Crippen LogP contribution >= 0.6 is 0 Å². The van der Waals surface area contributed by atoms with Crippen molar-refractivity contribution in [2.45, 2.75) is 76.0 Å². The second kappa shape index (κ2) is 8.87. The van der Waals surface area contributed by atoms with Crippen LogP contribution in [0.5, 0.6) is 0 Å². The number of hydrogen-bond donors (Lipinski definition) is 1. The monoisotopic (exact) mass is 372 g/mol. The third kappa shape index (κ3) is 4.70. The average Bonchev–Trinajstić information content (AvgIpc) is 3.05. The lowest BCUT2D eigenvalue weighted by molar-refractivity contribution is -0.138. The fourth-order valence-electron chi connectivity index (χ4n) is 4.81. The minimum Gasteiger partial charge on any atom is -0.376 e. The summed E-state index contributed by atoms with van der Waals surface area (Å²) in [6, 6.07) is 10.6. The number of fused-ring (bicyclic) bond motifs is 1. The number of carbonyl (C=O) groups is 2. The Bertz CT molecular complexity index is 648. The lowest BCUT2D eigenvalue weighted by atomic mass is 9.78. The van der Waals surface area contributed by atoms with Gasteiger partial charge in [-0.1, -0.05) is 30.3 Å². The molecule has 0 bridgehead atoms. The van der Waals surface area contributed by atoms with E-state index in [2.05, 4.69) is 29.6 Å². The Hall–Kier alpha value is -1.88. The molecule has 3 atom stereocenters. The predicted molar refractivity (Wildman–Crippen MR) is 105 cm³/mol. The van der Waals surface area contributed by atoms with Gasteiger partial charge in [0.25, 0.3) is 0 Å². The van der Waals surface area contributed by atoms with E-state index in [1.54, 1.807) is 14.0 Å². The van der Waals surface area contributed by atoms with Gasteiger partial charge < -0.3 is 15.0 Å². The van der Waals surface area contributed by atoms with Crippen molar-refractivity contribution in [2.75, 3.05) is 13.7 Å². The van der Waals surface area contributed by atoms with Crippen LogP contribution in [0.15, 0.2) is 30.3 Å². The maximum atomic E-state index is 12.9. The summed E-state index contributed by atoms with van der Waals surface area (Å²) < 4.78 is 5.91. The van der Waals surface area contributed by atoms with Crippen LogP contribution in [0.3, 0.4) is 0 Å². The Morgan fingerprint density at radius 1 is 1.22 bits per heavy atom. The molecule has 1 N–H and O–H groups in total. The van der Waals surface area contributed by atoms with Crippen LogP contribution in [0, 0.1) is 0 Å². The lowest BCUT2D eigenvalue weighted by Gasteiger charge is -2.43. The molecule has 5 nitrogen and oxygen atoms in total. The van der Waals surface area contributed by atoms with Gasteiger partial charge in [0, 0.05) is 33.0 Å². The highest BCUT2D eigenvalue weighted by Gasteiger charge is 2.52. The van der Waals surface area contributed by atoms with Crippen LogP contribution in [0.4, 0.5) is 0 Å². The van der Waals surface area contributed by atoms with Crippen molar-refractivity contribution < 1.29 is 14.3 Å². The molecule has 1 saturated heterocycles. The molecule has 27 heavy (non-hydrogen) atoms. The van der Waals surface area contributed by atoms with Crippen molar-refractivity contribution >= 4 is 11.8 Å². The fourth-order valence-corrected chi connectivity index (χ4v) is 4.81. The molecule has 1 aliphatic carbocycles. The first-order valence-electron chi connectivity index (χ1n) is 10.2. The first-order chi connectivity index (χ1) is 13.0. The topological polar surface area (TPSA) is 58.6 Å². The van der Waals surface area contributed by atoms with Crippen molar-refractivity contribution in [1.82, 2.24) is 10.2 Å². The van der Waals surface area contributed by atoms with Crippen LogP contribution in [0.1, 0.15) is 57.4 Å². The molecule has 3 rings (SSSR count). The highest BCUT2D eigenvalue weighted by molar-refractivity contribution is 5.77. The van der Waals surface area contributed by atoms with Gasteiger partial charge in [0.1, 0.15) is 0 Å². The molecule has 0 aromatic heterocycles. The third-order valence-electron chi connectivity index (χ3n) is 6.27. The standard InChI is InChI=1S/C22H32N2O3/c1-17(25)23-19-12-13-22(27-2)14-15-24(20(22)16-19)21(26)11-7-6-10-18-8-4-3-5-9-18/h3-5,8-9,19-20H,6-7,10-16H2,1-2H3,(H,23,25)/t19-,20+,22-/m1/s1. The third-order valence-corrected chi connectivity index (χ3v) is 6.27. The molecule has 0 radical (unpaired) electrons. The van der Waals surface area contributed by atoms with E-state index in [0.29, 0.717) is 6.42 Å². The summed E-state index contributed by atoms with van der Waals surface area (Å²) in [5, 5.41) is 3.03. The Balaban J connectivity index is 1.53. The molecule has 1 aromatic rings. The molecule has 2 aliphatic rings. The number of methoxy groups -OCH3 is 1. The molecule has 1 heterocycles. The second-order valence-electron chi connectivity index (χ2n) is 7.99. The molecule has 2 amide bonds. The smallest absolute Gasteiger partial charge is 0.222 e. The maximum Gasteiger partial charge on any atom is 0.222 e. The van der Waals surface area contributed by atoms with Crippen molar-refractivity contribution in [3.05, 3.63) is 35.9 Å². The molecule has 0 unspecified atom stereocenters. The summed E-state index contributed by atoms with van der Waals surface area (Å²) in [4.78, 5) is 26.3. The van der Waals surface area contributed by atoms with Gasteiger partial charge in [0.15, 0.2) is 0 Å². The highest BCUT2D eigenvalue weighted by atomic mass is 16.5. The summed E-state index contributed by atoms with van der Waals surface area (Å²) in [5.74, 6) is 0.233. The van der Waals surface area contributed by atoms with E-state index < -0.39 is 0 Å². The molecule has 1 aromatic carbocycles. The van der Waals surface area contributed by atoms with Crippen molar-refractivity contribution in [2.24, 2.45) is 0 Å². The number of aryl methyl sites for hydroxylation is 1. The minimum atomic E-state index is -0.228. The first-order valence-corrected chi connectivity index (χ1v) is 10.2. The minimum absolute atomic E-state index is 0.00158. The number of rotatable bonds is 7. The predicted octanol–water partition coefficient (Wildman–Crippen LogP) is 3.07. The molecule has 1 aliphatic heterocycles. The van der Waals surface area contributed by atoms with Crippen molar-refractivity contribution in [3.63, 3.8) is 0 Å². The molecular formula is C22H32N2O3. The largest absolute Gasteiger partial charge is 0.376 e. The van der Waals surface area contributed by atoms with Gasteiger partial charge in [0.05, 0.1) is 11.6 Å². The summed E-state index contributed by atoms with van der Waals surface area (Å²) in [7, 11) is 1.76. The lowest BCUT2D eigenvalue weighted by Crippen LogP contribution is -2.55. The Kier molecular flexibility index (Phi) is 6.53. The van der Waals surface area contributed by atoms with Crippen LogP contribution in [-0.4, -0.2) is 48.1 Å². The molecule has 5 heteroatoms. The average molecular weight is 373 g/mol. The molecule has 1 saturated carbocycles. The number of likely N-dealkylation sites (tertiary alicyclic amines) is 1. The summed E-state index contributed by atoms with van der Waals surface area (Å²) >= 11 is 0. The van der Waals surface area contributed by atoms with E-state index in [4.69, 9.17) is 4.74 Å². The summed E-state index contributed by atoms with van der Waals surface area (Å²) in [6.07, 6.45) is 7.06. The highest BCUT2D eigenvalue weighted by Crippen LogP contribution is 2.42. The van der Waals surface area contributed by atoms with E-state index in [1.165, 1.54) is 5.56 Å². The maximum absolute atomic E-state index is 12.9. The van der Waals surface area contributed by atoms with Gasteiger partial charge in [-0.3, -0.25) is 9.59 Å². The number of nitrogens with one attached hydrogen (secondary N) is 1. The Morgan fingerprint density at radius 2 is 2.00 bits per heavy atom. The SMILES string of the molecule is CO[C@@]12CC[C@@H](NC(C)=O)C[C@@H]1N(C(=O)CCCCc1ccccc1)CC2. The molecule has 0 spiro atoms. The van der Waals surface area contributed by atoms with Gasteiger partial charge in [-0.25, -0.2) is 0 Å². The number of carbonyl (C=O) groups excluding carboxylic acids is 2. The fraction of sp³-hybridized carbons (Fsp3) is 0.636. The van der Waals surface area contributed by atoms with Crippen molar-refractivity contribution in [3.8, 4) is 0 Å². The van der Waals surface area contributed by atoms with Crippen LogP contribution in [0.2, 0.25) is 0 Å². The number of benzene rings is 1. The molecule has 148 valence electrons. The zero-order valence-electron chi connectivity index (χ0n) is 16.6. The van der Waals surface area contributed by atoms with E-state index in [0.717, 1.165) is 51.5 Å². The molecule has 2 fully saturated rings. The summed E-state index contributed by atoms with van der Waals surface area (Å²) in [6.45, 7) is 2.32. The van der Waals surface area contributed by atoms with Crippen LogP contribution in [0.25, 0.3) is 0 Å². The Labute approximate surface area is 162 Å².